The summed E-state index contributed by atoms with van der Waals surface area (Å²) in [5.41, 5.74) is 6.51. The molecule has 4 heteroatoms. The van der Waals surface area contributed by atoms with Gasteiger partial charge in [0.15, 0.2) is 0 Å². The summed E-state index contributed by atoms with van der Waals surface area (Å²) in [4.78, 5) is 0. The zero-order chi connectivity index (χ0) is 11.3. The van der Waals surface area contributed by atoms with E-state index in [0.717, 1.165) is 6.42 Å². The van der Waals surface area contributed by atoms with Gasteiger partial charge < -0.3 is 11.1 Å². The van der Waals surface area contributed by atoms with Crippen molar-refractivity contribution in [3.63, 3.8) is 0 Å². The first-order chi connectivity index (χ1) is 7.11. The Hall–Kier alpha value is -1.60. The highest BCUT2D eigenvalue weighted by atomic mass is 19.1. The number of hydrogen-bond donors (Lipinski definition) is 2. The number of halogens is 1. The van der Waals surface area contributed by atoms with Gasteiger partial charge in [0.25, 0.3) is 0 Å². The molecule has 0 heterocycles. The fourth-order valence-electron chi connectivity index (χ4n) is 1.20. The number of nitrogens with two attached hydrogens (primary N) is 1. The molecule has 0 aliphatic heterocycles. The standard InChI is InChI=1S/C11H14FN3/c1-8(14)2-3-15-11-5-9(7-13)4-10(12)6-11/h4-6,8,15H,2-3,14H2,1H3. The first-order valence-corrected chi connectivity index (χ1v) is 4.82. The maximum atomic E-state index is 13.0. The van der Waals surface area contributed by atoms with Gasteiger partial charge in [0.05, 0.1) is 11.6 Å². The predicted octanol–water partition coefficient (Wildman–Crippen LogP) is 1.85. The molecular weight excluding hydrogens is 193 g/mol. The topological polar surface area (TPSA) is 61.8 Å². The SMILES string of the molecule is CC(N)CCNc1cc(F)cc(C#N)c1. The highest BCUT2D eigenvalue weighted by Crippen LogP contribution is 2.13. The van der Waals surface area contributed by atoms with Crippen LogP contribution in [0.4, 0.5) is 10.1 Å². The number of rotatable bonds is 4. The van der Waals surface area contributed by atoms with E-state index >= 15 is 0 Å². The minimum absolute atomic E-state index is 0.112. The van der Waals surface area contributed by atoms with Crippen molar-refractivity contribution < 1.29 is 4.39 Å². The molecule has 0 bridgehead atoms. The molecule has 0 amide bonds. The van der Waals surface area contributed by atoms with Crippen molar-refractivity contribution in [2.24, 2.45) is 5.73 Å². The molecule has 3 N–H and O–H groups in total. The normalized spacial score (nSPS) is 11.9. The van der Waals surface area contributed by atoms with Gasteiger partial charge >= 0.3 is 0 Å². The number of nitrogens with one attached hydrogen (secondary N) is 1. The van der Waals surface area contributed by atoms with Gasteiger partial charge in [-0.3, -0.25) is 0 Å². The van der Waals surface area contributed by atoms with Crippen LogP contribution in [0.2, 0.25) is 0 Å². The Kier molecular flexibility index (Phi) is 4.07. The minimum atomic E-state index is -0.405. The zero-order valence-electron chi connectivity index (χ0n) is 8.63. The molecule has 0 radical (unpaired) electrons. The van der Waals surface area contributed by atoms with Gasteiger partial charge in [-0.25, -0.2) is 4.39 Å². The van der Waals surface area contributed by atoms with Crippen LogP contribution in [0.25, 0.3) is 0 Å². The average Bonchev–Trinajstić information content (AvgIpc) is 2.16. The summed E-state index contributed by atoms with van der Waals surface area (Å²) in [5, 5.41) is 11.7. The van der Waals surface area contributed by atoms with Gasteiger partial charge in [-0.2, -0.15) is 5.26 Å². The van der Waals surface area contributed by atoms with Crippen molar-refractivity contribution >= 4 is 5.69 Å². The molecule has 0 spiro atoms. The van der Waals surface area contributed by atoms with Crippen molar-refractivity contribution in [2.75, 3.05) is 11.9 Å². The Labute approximate surface area is 88.7 Å². The van der Waals surface area contributed by atoms with Gasteiger partial charge in [0.1, 0.15) is 5.82 Å². The van der Waals surface area contributed by atoms with Crippen LogP contribution in [0.5, 0.6) is 0 Å². The molecule has 1 rings (SSSR count). The summed E-state index contributed by atoms with van der Waals surface area (Å²) in [6, 6.07) is 6.20. The van der Waals surface area contributed by atoms with Crippen LogP contribution >= 0.6 is 0 Å². The van der Waals surface area contributed by atoms with Crippen molar-refractivity contribution in [1.29, 1.82) is 5.26 Å². The molecule has 1 unspecified atom stereocenters. The fraction of sp³-hybridized carbons (Fsp3) is 0.364. The molecule has 0 fully saturated rings. The monoisotopic (exact) mass is 207 g/mol. The van der Waals surface area contributed by atoms with E-state index in [1.165, 1.54) is 12.1 Å². The summed E-state index contributed by atoms with van der Waals surface area (Å²) in [7, 11) is 0. The van der Waals surface area contributed by atoms with E-state index in [0.29, 0.717) is 17.8 Å². The van der Waals surface area contributed by atoms with Crippen molar-refractivity contribution in [3.05, 3.63) is 29.6 Å². The Morgan fingerprint density at radius 2 is 2.27 bits per heavy atom. The quantitative estimate of drug-likeness (QED) is 0.792. The van der Waals surface area contributed by atoms with E-state index < -0.39 is 5.82 Å². The smallest absolute Gasteiger partial charge is 0.126 e. The molecule has 1 atom stereocenters. The molecule has 1 aromatic rings. The second-order valence-electron chi connectivity index (χ2n) is 3.53. The lowest BCUT2D eigenvalue weighted by atomic mass is 10.2. The number of anilines is 1. The van der Waals surface area contributed by atoms with Crippen molar-refractivity contribution in [1.82, 2.24) is 0 Å². The third kappa shape index (κ3) is 3.96. The molecule has 3 nitrogen and oxygen atoms in total. The van der Waals surface area contributed by atoms with Crippen LogP contribution in [0.15, 0.2) is 18.2 Å². The summed E-state index contributed by atoms with van der Waals surface area (Å²) in [6.45, 7) is 2.58. The lowest BCUT2D eigenvalue weighted by Gasteiger charge is -2.08. The predicted molar refractivity (Wildman–Crippen MR) is 57.9 cm³/mol. The molecule has 0 aliphatic carbocycles. The molecule has 15 heavy (non-hydrogen) atoms. The van der Waals surface area contributed by atoms with E-state index in [9.17, 15) is 4.39 Å². The maximum absolute atomic E-state index is 13.0. The Bertz CT molecular complexity index is 369. The third-order valence-corrected chi connectivity index (χ3v) is 1.96. The van der Waals surface area contributed by atoms with Gasteiger partial charge in [0.2, 0.25) is 0 Å². The van der Waals surface area contributed by atoms with Crippen molar-refractivity contribution in [3.8, 4) is 6.07 Å². The summed E-state index contributed by atoms with van der Waals surface area (Å²) < 4.78 is 13.0. The highest BCUT2D eigenvalue weighted by molar-refractivity contribution is 5.49. The third-order valence-electron chi connectivity index (χ3n) is 1.96. The average molecular weight is 207 g/mol. The molecule has 80 valence electrons. The number of hydrogen-bond acceptors (Lipinski definition) is 3. The van der Waals surface area contributed by atoms with Gasteiger partial charge in [-0.15, -0.1) is 0 Å². The van der Waals surface area contributed by atoms with E-state index in [1.54, 1.807) is 6.07 Å². The Balaban J connectivity index is 2.61. The maximum Gasteiger partial charge on any atom is 0.126 e. The van der Waals surface area contributed by atoms with Crippen LogP contribution in [-0.2, 0) is 0 Å². The molecule has 0 saturated carbocycles. The largest absolute Gasteiger partial charge is 0.385 e. The lowest BCUT2D eigenvalue weighted by molar-refractivity contribution is 0.627. The summed E-state index contributed by atoms with van der Waals surface area (Å²) in [5.74, 6) is -0.405. The minimum Gasteiger partial charge on any atom is -0.385 e. The van der Waals surface area contributed by atoms with E-state index in [2.05, 4.69) is 5.32 Å². The molecular formula is C11H14FN3. The van der Waals surface area contributed by atoms with Gasteiger partial charge in [-0.05, 0) is 31.5 Å². The number of nitriles is 1. The first kappa shape index (κ1) is 11.5. The second-order valence-corrected chi connectivity index (χ2v) is 3.53. The van der Waals surface area contributed by atoms with Gasteiger partial charge in [0, 0.05) is 18.3 Å². The van der Waals surface area contributed by atoms with Crippen LogP contribution in [0.1, 0.15) is 18.9 Å². The number of nitrogens with zero attached hydrogens (tertiary/aromatic N) is 1. The Morgan fingerprint density at radius 1 is 1.53 bits per heavy atom. The van der Waals surface area contributed by atoms with Crippen LogP contribution in [0.3, 0.4) is 0 Å². The fourth-order valence-corrected chi connectivity index (χ4v) is 1.20. The zero-order valence-corrected chi connectivity index (χ0v) is 8.63. The van der Waals surface area contributed by atoms with Crippen LogP contribution < -0.4 is 11.1 Å². The molecule has 0 aromatic heterocycles. The lowest BCUT2D eigenvalue weighted by Crippen LogP contribution is -2.19. The summed E-state index contributed by atoms with van der Waals surface area (Å²) in [6.07, 6.45) is 0.804. The highest BCUT2D eigenvalue weighted by Gasteiger charge is 2.00. The van der Waals surface area contributed by atoms with E-state index in [4.69, 9.17) is 11.0 Å². The molecule has 0 aliphatic rings. The second kappa shape index (κ2) is 5.32. The van der Waals surface area contributed by atoms with Crippen molar-refractivity contribution in [2.45, 2.75) is 19.4 Å². The van der Waals surface area contributed by atoms with Crippen LogP contribution in [0, 0.1) is 17.1 Å². The number of benzene rings is 1. The van der Waals surface area contributed by atoms with Crippen LogP contribution in [-0.4, -0.2) is 12.6 Å². The Morgan fingerprint density at radius 3 is 2.87 bits per heavy atom. The molecule has 0 saturated heterocycles. The molecule has 1 aromatic carbocycles. The van der Waals surface area contributed by atoms with Gasteiger partial charge in [-0.1, -0.05) is 0 Å². The summed E-state index contributed by atoms with van der Waals surface area (Å²) >= 11 is 0. The van der Waals surface area contributed by atoms with E-state index in [-0.39, 0.29) is 6.04 Å². The first-order valence-electron chi connectivity index (χ1n) is 4.82. The van der Waals surface area contributed by atoms with E-state index in [1.807, 2.05) is 13.0 Å².